The van der Waals surface area contributed by atoms with E-state index in [-0.39, 0.29) is 34.0 Å². The number of fused-ring (bicyclic) bond motifs is 2. The minimum absolute atomic E-state index is 0.0160. The Morgan fingerprint density at radius 1 is 1.17 bits per heavy atom. The van der Waals surface area contributed by atoms with E-state index in [0.717, 1.165) is 38.6 Å². The topological polar surface area (TPSA) is 71.0 Å². The van der Waals surface area contributed by atoms with Crippen molar-refractivity contribution in [1.29, 1.82) is 0 Å². The van der Waals surface area contributed by atoms with Gasteiger partial charge in [0, 0.05) is 35.5 Å². The Kier molecular flexibility index (Phi) is 3.46. The van der Waals surface area contributed by atoms with Crippen LogP contribution in [0.3, 0.4) is 0 Å². The van der Waals surface area contributed by atoms with Crippen LogP contribution >= 0.6 is 0 Å². The fourth-order valence-electron chi connectivity index (χ4n) is 8.53. The number of aliphatic hydroxyl groups is 1. The van der Waals surface area contributed by atoms with Gasteiger partial charge in [-0.2, -0.15) is 0 Å². The van der Waals surface area contributed by atoms with Crippen molar-refractivity contribution in [3.05, 3.63) is 23.3 Å². The van der Waals surface area contributed by atoms with Crippen molar-refractivity contribution in [2.75, 3.05) is 13.7 Å². The monoisotopic (exact) mass is 413 g/mol. The van der Waals surface area contributed by atoms with Gasteiger partial charge in [0.25, 0.3) is 0 Å². The van der Waals surface area contributed by atoms with Gasteiger partial charge in [-0.1, -0.05) is 26.8 Å². The SMILES string of the molecule is CO[C@]12CC[C@@]3(C[C@@H]1C(C)(O)C(C)(C)C)[C@H]1Cc4ccc(O)c5c4C3(CCN1)[C@H]2O5. The zero-order valence-electron chi connectivity index (χ0n) is 18.8. The molecule has 2 unspecified atom stereocenters. The maximum atomic E-state index is 12.0. The zero-order chi connectivity index (χ0) is 21.3. The lowest BCUT2D eigenvalue weighted by Gasteiger charge is -2.74. The van der Waals surface area contributed by atoms with Gasteiger partial charge < -0.3 is 25.0 Å². The number of hydrogen-bond donors (Lipinski definition) is 3. The zero-order valence-corrected chi connectivity index (χ0v) is 18.8. The average molecular weight is 414 g/mol. The van der Waals surface area contributed by atoms with Crippen LogP contribution < -0.4 is 10.1 Å². The molecule has 5 heteroatoms. The third kappa shape index (κ3) is 1.77. The summed E-state index contributed by atoms with van der Waals surface area (Å²) in [5.41, 5.74) is 0.658. The number of phenols is 1. The van der Waals surface area contributed by atoms with Gasteiger partial charge >= 0.3 is 0 Å². The van der Waals surface area contributed by atoms with Crippen molar-refractivity contribution in [3.63, 3.8) is 0 Å². The fourth-order valence-corrected chi connectivity index (χ4v) is 8.53. The molecule has 7 rings (SSSR count). The van der Waals surface area contributed by atoms with Gasteiger partial charge in [0.2, 0.25) is 0 Å². The van der Waals surface area contributed by atoms with E-state index in [4.69, 9.17) is 9.47 Å². The van der Waals surface area contributed by atoms with Gasteiger partial charge in [-0.3, -0.25) is 0 Å². The van der Waals surface area contributed by atoms with Crippen molar-refractivity contribution >= 4 is 0 Å². The van der Waals surface area contributed by atoms with Crippen LogP contribution in [0.4, 0.5) is 0 Å². The molecule has 3 N–H and O–H groups in total. The molecule has 3 saturated carbocycles. The normalized spacial score (nSPS) is 44.9. The first-order chi connectivity index (χ1) is 14.1. The quantitative estimate of drug-likeness (QED) is 0.694. The molecule has 2 spiro atoms. The lowest BCUT2D eigenvalue weighted by molar-refractivity contribution is -0.303. The predicted octanol–water partition coefficient (Wildman–Crippen LogP) is 3.29. The summed E-state index contributed by atoms with van der Waals surface area (Å²) in [4.78, 5) is 0. The third-order valence-corrected chi connectivity index (χ3v) is 10.4. The Bertz CT molecular complexity index is 936. The summed E-state index contributed by atoms with van der Waals surface area (Å²) in [6.07, 6.45) is 4.66. The molecule has 30 heavy (non-hydrogen) atoms. The number of ether oxygens (including phenoxy) is 2. The van der Waals surface area contributed by atoms with E-state index in [1.54, 1.807) is 13.2 Å². The highest BCUT2D eigenvalue weighted by molar-refractivity contribution is 5.63. The number of benzene rings is 1. The number of aromatic hydroxyl groups is 1. The van der Waals surface area contributed by atoms with Crippen LogP contribution in [-0.4, -0.2) is 47.2 Å². The second-order valence-electron chi connectivity index (χ2n) is 11.8. The molecule has 1 saturated heterocycles. The smallest absolute Gasteiger partial charge is 0.165 e. The number of nitrogens with one attached hydrogen (secondary N) is 1. The van der Waals surface area contributed by atoms with Gasteiger partial charge in [0.15, 0.2) is 11.5 Å². The fraction of sp³-hybridized carbons (Fsp3) is 0.760. The summed E-state index contributed by atoms with van der Waals surface area (Å²) in [6, 6.07) is 4.26. The van der Waals surface area contributed by atoms with Crippen LogP contribution in [0, 0.1) is 16.7 Å². The van der Waals surface area contributed by atoms with E-state index in [9.17, 15) is 10.2 Å². The molecule has 0 radical (unpaired) electrons. The standard InChI is InChI=1S/C25H35NO4/c1-21(2,3)22(4,28)16-13-23-8-9-25(16,29-5)20-24(23)10-11-26-17(23)12-14-6-7-15(27)19(30-20)18(14)24/h6-7,16-17,20,26-28H,8-13H2,1-5H3/t16-,17-,20-,22?,23-,24?,25-/m1/s1. The number of rotatable bonds is 2. The van der Waals surface area contributed by atoms with E-state index >= 15 is 0 Å². The number of piperidine rings is 1. The molecule has 4 bridgehead atoms. The predicted molar refractivity (Wildman–Crippen MR) is 114 cm³/mol. The summed E-state index contributed by atoms with van der Waals surface area (Å²) in [6.45, 7) is 9.33. The first-order valence-corrected chi connectivity index (χ1v) is 11.6. The first-order valence-electron chi connectivity index (χ1n) is 11.6. The highest BCUT2D eigenvalue weighted by Crippen LogP contribution is 2.77. The molecular weight excluding hydrogens is 378 g/mol. The second kappa shape index (κ2) is 5.36. The Labute approximate surface area is 179 Å². The molecular formula is C25H35NO4. The summed E-state index contributed by atoms with van der Waals surface area (Å²) in [7, 11) is 1.80. The maximum absolute atomic E-state index is 12.0. The molecule has 5 nitrogen and oxygen atoms in total. The summed E-state index contributed by atoms with van der Waals surface area (Å²) >= 11 is 0. The van der Waals surface area contributed by atoms with Gasteiger partial charge in [-0.25, -0.2) is 0 Å². The highest BCUT2D eigenvalue weighted by Gasteiger charge is 2.81. The Hall–Kier alpha value is -1.30. The first kappa shape index (κ1) is 19.4. The molecule has 1 aromatic rings. The summed E-state index contributed by atoms with van der Waals surface area (Å²) in [5, 5.41) is 26.6. The summed E-state index contributed by atoms with van der Waals surface area (Å²) in [5.74, 6) is 0.887. The van der Waals surface area contributed by atoms with Crippen molar-refractivity contribution in [2.45, 2.75) is 88.6 Å². The Balaban J connectivity index is 1.65. The lowest BCUT2D eigenvalue weighted by Crippen LogP contribution is -2.83. The van der Waals surface area contributed by atoms with Crippen LogP contribution in [0.2, 0.25) is 0 Å². The van der Waals surface area contributed by atoms with Gasteiger partial charge in [0.1, 0.15) is 11.7 Å². The van der Waals surface area contributed by atoms with E-state index in [0.29, 0.717) is 11.8 Å². The lowest BCUT2D eigenvalue weighted by atomic mass is 9.33. The average Bonchev–Trinajstić information content (AvgIpc) is 3.05. The molecule has 6 aliphatic rings. The second-order valence-corrected chi connectivity index (χ2v) is 11.8. The van der Waals surface area contributed by atoms with Gasteiger partial charge in [-0.15, -0.1) is 0 Å². The molecule has 4 aliphatic carbocycles. The summed E-state index contributed by atoms with van der Waals surface area (Å²) < 4.78 is 13.2. The van der Waals surface area contributed by atoms with Gasteiger partial charge in [-0.05, 0) is 62.6 Å². The molecule has 7 atom stereocenters. The number of hydrogen-bond acceptors (Lipinski definition) is 5. The number of phenolic OH excluding ortho intramolecular Hbond substituents is 1. The minimum Gasteiger partial charge on any atom is -0.504 e. The molecule has 1 aromatic carbocycles. The van der Waals surface area contributed by atoms with E-state index in [1.165, 1.54) is 11.1 Å². The van der Waals surface area contributed by atoms with Crippen LogP contribution in [0.1, 0.15) is 64.5 Å². The largest absolute Gasteiger partial charge is 0.504 e. The van der Waals surface area contributed by atoms with Crippen LogP contribution in [0.5, 0.6) is 11.5 Å². The minimum atomic E-state index is -0.910. The van der Waals surface area contributed by atoms with Crippen molar-refractivity contribution in [3.8, 4) is 11.5 Å². The maximum Gasteiger partial charge on any atom is 0.165 e. The number of methoxy groups -OCH3 is 1. The molecule has 2 heterocycles. The van der Waals surface area contributed by atoms with Crippen molar-refractivity contribution in [2.24, 2.45) is 16.7 Å². The Morgan fingerprint density at radius 2 is 1.93 bits per heavy atom. The third-order valence-electron chi connectivity index (χ3n) is 10.4. The van der Waals surface area contributed by atoms with Crippen molar-refractivity contribution in [1.82, 2.24) is 5.32 Å². The van der Waals surface area contributed by atoms with E-state index < -0.39 is 11.2 Å². The van der Waals surface area contributed by atoms with Crippen LogP contribution in [-0.2, 0) is 16.6 Å². The molecule has 2 aliphatic heterocycles. The van der Waals surface area contributed by atoms with Crippen LogP contribution in [0.25, 0.3) is 0 Å². The van der Waals surface area contributed by atoms with Gasteiger partial charge in [0.05, 0.1) is 5.60 Å². The van der Waals surface area contributed by atoms with E-state index in [1.807, 2.05) is 6.92 Å². The van der Waals surface area contributed by atoms with Crippen LogP contribution in [0.15, 0.2) is 12.1 Å². The molecule has 0 aromatic heterocycles. The van der Waals surface area contributed by atoms with Crippen molar-refractivity contribution < 1.29 is 19.7 Å². The van der Waals surface area contributed by atoms with E-state index in [2.05, 4.69) is 32.2 Å². The molecule has 164 valence electrons. The highest BCUT2D eigenvalue weighted by atomic mass is 16.6. The molecule has 4 fully saturated rings. The molecule has 0 amide bonds. The Morgan fingerprint density at radius 3 is 2.63 bits per heavy atom.